The van der Waals surface area contributed by atoms with Gasteiger partial charge in [-0.05, 0) is 55.5 Å². The van der Waals surface area contributed by atoms with E-state index in [2.05, 4.69) is 0 Å². The van der Waals surface area contributed by atoms with Gasteiger partial charge in [-0.1, -0.05) is 47.5 Å². The highest BCUT2D eigenvalue weighted by Crippen LogP contribution is 2.30. The van der Waals surface area contributed by atoms with Gasteiger partial charge in [0.15, 0.2) is 6.10 Å². The quantitative estimate of drug-likeness (QED) is 0.708. The summed E-state index contributed by atoms with van der Waals surface area (Å²) in [4.78, 5) is 11.4. The van der Waals surface area contributed by atoms with Crippen LogP contribution in [0.1, 0.15) is 25.3 Å². The summed E-state index contributed by atoms with van der Waals surface area (Å²) in [5.74, 6) is -0.552. The fraction of sp³-hybridized carbons (Fsp3) is 0.316. The van der Waals surface area contributed by atoms with Crippen LogP contribution in [-0.4, -0.2) is 23.8 Å². The molecule has 0 amide bonds. The van der Waals surface area contributed by atoms with Crippen molar-refractivity contribution in [2.45, 2.75) is 32.3 Å². The van der Waals surface area contributed by atoms with E-state index in [0.29, 0.717) is 22.9 Å². The number of ether oxygens (including phenoxy) is 1. The molecule has 1 unspecified atom stereocenters. The van der Waals surface area contributed by atoms with E-state index in [9.17, 15) is 9.90 Å². The number of aryl methyl sites for hydroxylation is 1. The van der Waals surface area contributed by atoms with Gasteiger partial charge in [-0.25, -0.2) is 4.79 Å². The number of hydrogen-bond donors (Lipinski definition) is 1. The SMILES string of the molecule is CCOC(=O)C(O)CCCc1ccc(-c2cc(Cl)ccc2Cl)cc1. The first-order valence-electron chi connectivity index (χ1n) is 7.90. The van der Waals surface area contributed by atoms with Crippen LogP contribution in [0.4, 0.5) is 0 Å². The van der Waals surface area contributed by atoms with Gasteiger partial charge in [-0.2, -0.15) is 0 Å². The van der Waals surface area contributed by atoms with Crippen molar-refractivity contribution in [3.8, 4) is 11.1 Å². The summed E-state index contributed by atoms with van der Waals surface area (Å²) in [6.07, 6.45) is 0.826. The van der Waals surface area contributed by atoms with E-state index >= 15 is 0 Å². The Morgan fingerprint density at radius 3 is 2.54 bits per heavy atom. The fourth-order valence-electron chi connectivity index (χ4n) is 2.43. The van der Waals surface area contributed by atoms with Crippen LogP contribution in [0.5, 0.6) is 0 Å². The van der Waals surface area contributed by atoms with Gasteiger partial charge < -0.3 is 9.84 Å². The summed E-state index contributed by atoms with van der Waals surface area (Å²) in [5.41, 5.74) is 3.03. The lowest BCUT2D eigenvalue weighted by atomic mass is 10.0. The third-order valence-corrected chi connectivity index (χ3v) is 4.26. The van der Waals surface area contributed by atoms with Crippen LogP contribution in [0.15, 0.2) is 42.5 Å². The Hall–Kier alpha value is -1.55. The molecule has 0 aliphatic heterocycles. The number of hydrogen-bond acceptors (Lipinski definition) is 3. The number of aliphatic hydroxyl groups excluding tert-OH is 1. The maximum Gasteiger partial charge on any atom is 0.334 e. The summed E-state index contributed by atoms with van der Waals surface area (Å²) in [6, 6.07) is 13.4. The lowest BCUT2D eigenvalue weighted by Gasteiger charge is -2.10. The molecule has 0 saturated heterocycles. The summed E-state index contributed by atoms with van der Waals surface area (Å²) in [6.45, 7) is 2.00. The monoisotopic (exact) mass is 366 g/mol. The van der Waals surface area contributed by atoms with Gasteiger partial charge in [-0.3, -0.25) is 0 Å². The molecule has 2 aromatic carbocycles. The zero-order valence-electron chi connectivity index (χ0n) is 13.5. The Kier molecular flexibility index (Phi) is 7.10. The molecule has 0 fully saturated rings. The largest absolute Gasteiger partial charge is 0.464 e. The molecule has 2 rings (SSSR count). The maximum absolute atomic E-state index is 11.4. The van der Waals surface area contributed by atoms with Gasteiger partial charge in [0.1, 0.15) is 0 Å². The predicted octanol–water partition coefficient (Wildman–Crippen LogP) is 4.91. The van der Waals surface area contributed by atoms with Gasteiger partial charge >= 0.3 is 5.97 Å². The molecule has 5 heteroatoms. The summed E-state index contributed by atoms with van der Waals surface area (Å²) < 4.78 is 4.78. The number of carbonyl (C=O) groups is 1. The Bertz CT molecular complexity index is 684. The zero-order valence-corrected chi connectivity index (χ0v) is 15.0. The smallest absolute Gasteiger partial charge is 0.334 e. The van der Waals surface area contributed by atoms with E-state index in [1.807, 2.05) is 30.3 Å². The predicted molar refractivity (Wildman–Crippen MR) is 97.5 cm³/mol. The van der Waals surface area contributed by atoms with Crippen LogP contribution in [-0.2, 0) is 16.0 Å². The maximum atomic E-state index is 11.4. The summed E-state index contributed by atoms with van der Waals surface area (Å²) >= 11 is 12.2. The van der Waals surface area contributed by atoms with Crippen molar-refractivity contribution in [3.63, 3.8) is 0 Å². The molecule has 24 heavy (non-hydrogen) atoms. The van der Waals surface area contributed by atoms with Crippen LogP contribution >= 0.6 is 23.2 Å². The van der Waals surface area contributed by atoms with E-state index in [4.69, 9.17) is 27.9 Å². The topological polar surface area (TPSA) is 46.5 Å². The minimum atomic E-state index is -1.05. The second kappa shape index (κ2) is 9.07. The molecule has 0 bridgehead atoms. The standard InChI is InChI=1S/C19H20Cl2O3/c1-2-24-19(23)18(22)5-3-4-13-6-8-14(9-7-13)16-12-15(20)10-11-17(16)21/h6-12,18,22H,2-5H2,1H3. The second-order valence-corrected chi connectivity index (χ2v) is 6.32. The minimum Gasteiger partial charge on any atom is -0.464 e. The highest BCUT2D eigenvalue weighted by Gasteiger charge is 2.15. The fourth-order valence-corrected chi connectivity index (χ4v) is 2.82. The molecule has 0 heterocycles. The first-order valence-corrected chi connectivity index (χ1v) is 8.66. The van der Waals surface area contributed by atoms with E-state index in [1.54, 1.807) is 19.1 Å². The molecular weight excluding hydrogens is 347 g/mol. The van der Waals surface area contributed by atoms with Crippen molar-refractivity contribution in [1.82, 2.24) is 0 Å². The first kappa shape index (κ1) is 18.8. The Labute approximate surface area is 152 Å². The van der Waals surface area contributed by atoms with Crippen molar-refractivity contribution in [3.05, 3.63) is 58.1 Å². The number of aliphatic hydroxyl groups is 1. The van der Waals surface area contributed by atoms with Crippen molar-refractivity contribution in [2.24, 2.45) is 0 Å². The molecule has 0 radical (unpaired) electrons. The van der Waals surface area contributed by atoms with Gasteiger partial charge in [0.05, 0.1) is 6.61 Å². The number of rotatable bonds is 7. The molecule has 128 valence electrons. The number of benzene rings is 2. The van der Waals surface area contributed by atoms with E-state index in [1.165, 1.54) is 0 Å². The third kappa shape index (κ3) is 5.23. The highest BCUT2D eigenvalue weighted by atomic mass is 35.5. The molecular formula is C19H20Cl2O3. The van der Waals surface area contributed by atoms with Gasteiger partial charge in [-0.15, -0.1) is 0 Å². The van der Waals surface area contributed by atoms with Crippen LogP contribution in [0.25, 0.3) is 11.1 Å². The third-order valence-electron chi connectivity index (χ3n) is 3.70. The van der Waals surface area contributed by atoms with Gasteiger partial charge in [0, 0.05) is 15.6 Å². The average Bonchev–Trinajstić information content (AvgIpc) is 2.58. The molecule has 1 N–H and O–H groups in total. The molecule has 3 nitrogen and oxygen atoms in total. The minimum absolute atomic E-state index is 0.281. The van der Waals surface area contributed by atoms with Gasteiger partial charge in [0.25, 0.3) is 0 Å². The normalized spacial score (nSPS) is 12.0. The summed E-state index contributed by atoms with van der Waals surface area (Å²) in [5, 5.41) is 11.0. The van der Waals surface area contributed by atoms with E-state index in [0.717, 1.165) is 23.1 Å². The highest BCUT2D eigenvalue weighted by molar-refractivity contribution is 6.35. The van der Waals surface area contributed by atoms with Crippen LogP contribution in [0, 0.1) is 0 Å². The van der Waals surface area contributed by atoms with Crippen molar-refractivity contribution in [2.75, 3.05) is 6.61 Å². The molecule has 0 aliphatic rings. The zero-order chi connectivity index (χ0) is 17.5. The Morgan fingerprint density at radius 2 is 1.88 bits per heavy atom. The van der Waals surface area contributed by atoms with Gasteiger partial charge in [0.2, 0.25) is 0 Å². The summed E-state index contributed by atoms with van der Waals surface area (Å²) in [7, 11) is 0. The molecule has 1 atom stereocenters. The number of carbonyl (C=O) groups excluding carboxylic acids is 1. The lowest BCUT2D eigenvalue weighted by Crippen LogP contribution is -2.23. The van der Waals surface area contributed by atoms with Crippen molar-refractivity contribution in [1.29, 1.82) is 0 Å². The number of esters is 1. The van der Waals surface area contributed by atoms with Crippen molar-refractivity contribution < 1.29 is 14.6 Å². The Morgan fingerprint density at radius 1 is 1.17 bits per heavy atom. The molecule has 0 aliphatic carbocycles. The van der Waals surface area contributed by atoms with Crippen LogP contribution in [0.2, 0.25) is 10.0 Å². The molecule has 0 saturated carbocycles. The average molecular weight is 367 g/mol. The second-order valence-electron chi connectivity index (χ2n) is 5.48. The Balaban J connectivity index is 1.93. The lowest BCUT2D eigenvalue weighted by molar-refractivity contribution is -0.153. The van der Waals surface area contributed by atoms with E-state index < -0.39 is 12.1 Å². The van der Waals surface area contributed by atoms with Crippen LogP contribution in [0.3, 0.4) is 0 Å². The van der Waals surface area contributed by atoms with E-state index in [-0.39, 0.29) is 6.61 Å². The number of halogens is 2. The molecule has 0 aromatic heterocycles. The first-order chi connectivity index (χ1) is 11.5. The van der Waals surface area contributed by atoms with Crippen molar-refractivity contribution >= 4 is 29.2 Å². The van der Waals surface area contributed by atoms with Crippen LogP contribution < -0.4 is 0 Å². The molecule has 2 aromatic rings. The molecule has 0 spiro atoms.